The maximum absolute atomic E-state index is 13.2. The van der Waals surface area contributed by atoms with Gasteiger partial charge in [0.25, 0.3) is 0 Å². The molecule has 1 heterocycles. The number of methoxy groups -OCH3 is 2. The van der Waals surface area contributed by atoms with Gasteiger partial charge in [0.1, 0.15) is 0 Å². The third-order valence-electron chi connectivity index (χ3n) is 4.79. The molecule has 0 radical (unpaired) electrons. The number of benzene rings is 2. The summed E-state index contributed by atoms with van der Waals surface area (Å²) >= 11 is 0. The predicted molar refractivity (Wildman–Crippen MR) is 106 cm³/mol. The molecule has 0 bridgehead atoms. The lowest BCUT2D eigenvalue weighted by atomic mass is 10.2. The number of rotatable bonds is 7. The summed E-state index contributed by atoms with van der Waals surface area (Å²) < 4.78 is 61.2. The van der Waals surface area contributed by atoms with Crippen molar-refractivity contribution < 1.29 is 26.3 Å². The monoisotopic (exact) mass is 425 g/mol. The van der Waals surface area contributed by atoms with E-state index in [2.05, 4.69) is 5.32 Å². The zero-order chi connectivity index (χ0) is 20.4. The van der Waals surface area contributed by atoms with E-state index >= 15 is 0 Å². The third kappa shape index (κ3) is 4.31. The van der Waals surface area contributed by atoms with Crippen LogP contribution in [0, 0.1) is 0 Å². The van der Waals surface area contributed by atoms with Crippen molar-refractivity contribution in [3.05, 3.63) is 54.1 Å². The Morgan fingerprint density at radius 1 is 1.00 bits per heavy atom. The fraction of sp³-hybridized carbons (Fsp3) is 0.368. The Balaban J connectivity index is 1.89. The van der Waals surface area contributed by atoms with Gasteiger partial charge in [0, 0.05) is 18.7 Å². The van der Waals surface area contributed by atoms with Crippen LogP contribution >= 0.6 is 0 Å². The molecule has 2 atom stereocenters. The van der Waals surface area contributed by atoms with E-state index in [4.69, 9.17) is 9.47 Å². The summed E-state index contributed by atoms with van der Waals surface area (Å²) in [4.78, 5) is 0.0127. The number of hydrogen-bond donors (Lipinski definition) is 1. The molecule has 0 spiro atoms. The Bertz CT molecular complexity index is 1040. The second kappa shape index (κ2) is 8.10. The number of sulfone groups is 2. The first-order valence-electron chi connectivity index (χ1n) is 8.70. The summed E-state index contributed by atoms with van der Waals surface area (Å²) in [5, 5.41) is 2.05. The van der Waals surface area contributed by atoms with Gasteiger partial charge in [-0.1, -0.05) is 30.3 Å². The minimum absolute atomic E-state index is 0.0127. The van der Waals surface area contributed by atoms with Gasteiger partial charge < -0.3 is 14.8 Å². The van der Waals surface area contributed by atoms with Crippen LogP contribution in [0.4, 0.5) is 0 Å². The van der Waals surface area contributed by atoms with Crippen LogP contribution in [-0.2, 0) is 26.2 Å². The van der Waals surface area contributed by atoms with Crippen molar-refractivity contribution in [3.63, 3.8) is 0 Å². The molecule has 1 fully saturated rings. The normalized spacial score (nSPS) is 21.4. The lowest BCUT2D eigenvalue weighted by Crippen LogP contribution is -2.43. The Morgan fingerprint density at radius 2 is 1.68 bits per heavy atom. The lowest BCUT2D eigenvalue weighted by Gasteiger charge is -2.20. The maximum atomic E-state index is 13.2. The minimum atomic E-state index is -3.90. The Hall–Kier alpha value is -2.10. The van der Waals surface area contributed by atoms with Crippen LogP contribution in [0.15, 0.2) is 53.4 Å². The van der Waals surface area contributed by atoms with E-state index in [0.717, 1.165) is 5.56 Å². The molecule has 0 saturated carbocycles. The van der Waals surface area contributed by atoms with Crippen molar-refractivity contribution in [2.24, 2.45) is 0 Å². The van der Waals surface area contributed by atoms with Crippen molar-refractivity contribution in [3.8, 4) is 11.5 Å². The highest BCUT2D eigenvalue weighted by molar-refractivity contribution is 7.96. The standard InChI is InChI=1S/C19H23NO6S2/c1-25-17-9-8-15(10-18(17)26-2)28(23,24)19-13-27(21,22)12-16(19)20-11-14-6-4-3-5-7-14/h3-10,16,19-20H,11-13H2,1-2H3/t16-,19-/m0/s1. The first-order valence-corrected chi connectivity index (χ1v) is 12.1. The Labute approximate surface area is 165 Å². The van der Waals surface area contributed by atoms with Gasteiger partial charge in [-0.15, -0.1) is 0 Å². The van der Waals surface area contributed by atoms with Crippen LogP contribution in [0.25, 0.3) is 0 Å². The first-order chi connectivity index (χ1) is 13.3. The molecular weight excluding hydrogens is 402 g/mol. The molecule has 0 amide bonds. The van der Waals surface area contributed by atoms with Crippen molar-refractivity contribution in [2.45, 2.75) is 22.7 Å². The van der Waals surface area contributed by atoms with Crippen molar-refractivity contribution in [1.29, 1.82) is 0 Å². The SMILES string of the molecule is COc1ccc(S(=O)(=O)[C@H]2CS(=O)(=O)C[C@@H]2NCc2ccccc2)cc1OC. The van der Waals surface area contributed by atoms with Crippen LogP contribution in [-0.4, -0.2) is 53.9 Å². The molecule has 0 aliphatic carbocycles. The minimum Gasteiger partial charge on any atom is -0.493 e. The molecule has 1 saturated heterocycles. The zero-order valence-electron chi connectivity index (χ0n) is 15.7. The van der Waals surface area contributed by atoms with Gasteiger partial charge >= 0.3 is 0 Å². The summed E-state index contributed by atoms with van der Waals surface area (Å²) in [6.45, 7) is 0.388. The molecular formula is C19H23NO6S2. The van der Waals surface area contributed by atoms with E-state index in [0.29, 0.717) is 12.3 Å². The number of hydrogen-bond acceptors (Lipinski definition) is 7. The fourth-order valence-corrected chi connectivity index (χ4v) is 8.05. The van der Waals surface area contributed by atoms with Crippen LogP contribution in [0.3, 0.4) is 0 Å². The second-order valence-corrected chi connectivity index (χ2v) is 11.0. The molecule has 0 unspecified atom stereocenters. The molecule has 2 aromatic carbocycles. The van der Waals surface area contributed by atoms with Crippen LogP contribution in [0.1, 0.15) is 5.56 Å². The molecule has 9 heteroatoms. The molecule has 3 rings (SSSR count). The van der Waals surface area contributed by atoms with E-state index in [1.54, 1.807) is 0 Å². The van der Waals surface area contributed by atoms with Gasteiger partial charge in [-0.05, 0) is 17.7 Å². The van der Waals surface area contributed by atoms with Gasteiger partial charge in [-0.25, -0.2) is 16.8 Å². The second-order valence-electron chi connectivity index (χ2n) is 6.65. The molecule has 7 nitrogen and oxygen atoms in total. The number of ether oxygens (including phenoxy) is 2. The topological polar surface area (TPSA) is 98.8 Å². The number of nitrogens with one attached hydrogen (secondary N) is 1. The van der Waals surface area contributed by atoms with E-state index in [1.807, 2.05) is 30.3 Å². The highest BCUT2D eigenvalue weighted by Gasteiger charge is 2.45. The summed E-state index contributed by atoms with van der Waals surface area (Å²) in [6.07, 6.45) is 0. The Morgan fingerprint density at radius 3 is 2.32 bits per heavy atom. The average molecular weight is 426 g/mol. The molecule has 1 N–H and O–H groups in total. The maximum Gasteiger partial charge on any atom is 0.183 e. The van der Waals surface area contributed by atoms with Gasteiger partial charge in [0.15, 0.2) is 31.2 Å². The van der Waals surface area contributed by atoms with Crippen LogP contribution in [0.5, 0.6) is 11.5 Å². The van der Waals surface area contributed by atoms with Gasteiger partial charge in [-0.2, -0.15) is 0 Å². The molecule has 0 aromatic heterocycles. The quantitative estimate of drug-likeness (QED) is 0.716. The summed E-state index contributed by atoms with van der Waals surface area (Å²) in [7, 11) is -4.49. The molecule has 1 aliphatic rings. The lowest BCUT2D eigenvalue weighted by molar-refractivity contribution is 0.354. The fourth-order valence-electron chi connectivity index (χ4n) is 3.32. The van der Waals surface area contributed by atoms with Crippen molar-refractivity contribution in [1.82, 2.24) is 5.32 Å². The molecule has 152 valence electrons. The highest BCUT2D eigenvalue weighted by atomic mass is 32.2. The van der Waals surface area contributed by atoms with Crippen molar-refractivity contribution in [2.75, 3.05) is 25.7 Å². The molecule has 2 aromatic rings. The van der Waals surface area contributed by atoms with Gasteiger partial charge in [-0.3, -0.25) is 0 Å². The van der Waals surface area contributed by atoms with Crippen molar-refractivity contribution >= 4 is 19.7 Å². The van der Waals surface area contributed by atoms with E-state index in [-0.39, 0.29) is 16.4 Å². The third-order valence-corrected chi connectivity index (χ3v) is 8.94. The predicted octanol–water partition coefficient (Wildman–Crippen LogP) is 1.43. The van der Waals surface area contributed by atoms with Crippen LogP contribution < -0.4 is 14.8 Å². The Kier molecular flexibility index (Phi) is 5.97. The van der Waals surface area contributed by atoms with E-state index < -0.39 is 36.7 Å². The van der Waals surface area contributed by atoms with E-state index in [9.17, 15) is 16.8 Å². The largest absolute Gasteiger partial charge is 0.493 e. The summed E-state index contributed by atoms with van der Waals surface area (Å²) in [6, 6.07) is 13.0. The van der Waals surface area contributed by atoms with Gasteiger partial charge in [0.05, 0.1) is 35.9 Å². The smallest absolute Gasteiger partial charge is 0.183 e. The average Bonchev–Trinajstić information content (AvgIpc) is 3.02. The zero-order valence-corrected chi connectivity index (χ0v) is 17.3. The summed E-state index contributed by atoms with van der Waals surface area (Å²) in [5.41, 5.74) is 0.953. The molecule has 1 aliphatic heterocycles. The first kappa shape index (κ1) is 20.6. The summed E-state index contributed by atoms with van der Waals surface area (Å²) in [5.74, 6) is 0.0603. The van der Waals surface area contributed by atoms with Gasteiger partial charge in [0.2, 0.25) is 0 Å². The highest BCUT2D eigenvalue weighted by Crippen LogP contribution is 2.33. The molecule has 28 heavy (non-hydrogen) atoms. The van der Waals surface area contributed by atoms with Crippen LogP contribution in [0.2, 0.25) is 0 Å². The van der Waals surface area contributed by atoms with E-state index in [1.165, 1.54) is 32.4 Å².